The molecule has 2 aromatic carbocycles. The van der Waals surface area contributed by atoms with Crippen LogP contribution in [-0.4, -0.2) is 47.0 Å². The molecule has 1 aromatic heterocycles. The second-order valence-electron chi connectivity index (χ2n) is 7.80. The van der Waals surface area contributed by atoms with Gasteiger partial charge in [-0.15, -0.1) is 0 Å². The lowest BCUT2D eigenvalue weighted by molar-refractivity contribution is 0.208. The Labute approximate surface area is 171 Å². The molecule has 0 aliphatic carbocycles. The Bertz CT molecular complexity index is 1040. The first-order chi connectivity index (χ1) is 14.0. The molecule has 2 saturated heterocycles. The molecule has 0 spiro atoms. The standard InChI is InChI=1S/C21H21FN4O2S/c22-16-3-6-18-19(7-16)29-21(24-18)28-17-4-1-13(2-5-17)8-25-9-14-11-26(20(23)27)12-15(14)10-25/h1-7,14-15H,8-12H2,(H2,23,27). The molecule has 3 aromatic rings. The third-order valence-corrected chi connectivity index (χ3v) is 6.64. The van der Waals surface area contributed by atoms with E-state index in [4.69, 9.17) is 10.5 Å². The number of nitrogens with two attached hydrogens (primary N) is 1. The van der Waals surface area contributed by atoms with Crippen LogP contribution in [0.3, 0.4) is 0 Å². The van der Waals surface area contributed by atoms with Crippen molar-refractivity contribution in [1.29, 1.82) is 0 Å². The molecule has 150 valence electrons. The molecular formula is C21H21FN4O2S. The molecule has 2 aliphatic heterocycles. The third kappa shape index (κ3) is 3.77. The zero-order valence-electron chi connectivity index (χ0n) is 15.8. The van der Waals surface area contributed by atoms with Gasteiger partial charge < -0.3 is 15.4 Å². The van der Waals surface area contributed by atoms with E-state index in [1.165, 1.54) is 29.0 Å². The van der Waals surface area contributed by atoms with Crippen molar-refractivity contribution in [1.82, 2.24) is 14.8 Å². The summed E-state index contributed by atoms with van der Waals surface area (Å²) >= 11 is 1.33. The van der Waals surface area contributed by atoms with Crippen LogP contribution < -0.4 is 10.5 Å². The van der Waals surface area contributed by atoms with Crippen LogP contribution in [0.1, 0.15) is 5.56 Å². The fourth-order valence-electron chi connectivity index (χ4n) is 4.34. The number of aromatic nitrogens is 1. The number of ether oxygens (including phenoxy) is 1. The highest BCUT2D eigenvalue weighted by Crippen LogP contribution is 2.33. The van der Waals surface area contributed by atoms with Crippen LogP contribution in [0.2, 0.25) is 0 Å². The van der Waals surface area contributed by atoms with E-state index in [-0.39, 0.29) is 11.8 Å². The molecule has 3 heterocycles. The summed E-state index contributed by atoms with van der Waals surface area (Å²) in [5, 5.41) is 0.504. The molecule has 2 amide bonds. The number of benzene rings is 2. The van der Waals surface area contributed by atoms with E-state index in [0.717, 1.165) is 42.9 Å². The lowest BCUT2D eigenvalue weighted by Crippen LogP contribution is -2.36. The van der Waals surface area contributed by atoms with Crippen molar-refractivity contribution in [2.75, 3.05) is 26.2 Å². The van der Waals surface area contributed by atoms with Crippen molar-refractivity contribution in [3.05, 3.63) is 53.8 Å². The van der Waals surface area contributed by atoms with Gasteiger partial charge in [0.25, 0.3) is 5.19 Å². The number of hydrogen-bond acceptors (Lipinski definition) is 5. The Hall–Kier alpha value is -2.71. The molecule has 2 aliphatic rings. The highest BCUT2D eigenvalue weighted by Gasteiger charge is 2.40. The summed E-state index contributed by atoms with van der Waals surface area (Å²) in [5.74, 6) is 1.48. The minimum atomic E-state index is -0.306. The summed E-state index contributed by atoms with van der Waals surface area (Å²) in [6, 6.07) is 12.2. The summed E-state index contributed by atoms with van der Waals surface area (Å²) < 4.78 is 19.9. The third-order valence-electron chi connectivity index (χ3n) is 5.74. The van der Waals surface area contributed by atoms with Crippen molar-refractivity contribution in [3.8, 4) is 10.9 Å². The van der Waals surface area contributed by atoms with Crippen LogP contribution in [0.25, 0.3) is 10.2 Å². The number of rotatable bonds is 4. The number of amides is 2. The fraction of sp³-hybridized carbons (Fsp3) is 0.333. The molecule has 6 nitrogen and oxygen atoms in total. The molecule has 0 bridgehead atoms. The van der Waals surface area contributed by atoms with Crippen molar-refractivity contribution in [3.63, 3.8) is 0 Å². The van der Waals surface area contributed by atoms with Gasteiger partial charge in [0, 0.05) is 32.7 Å². The highest BCUT2D eigenvalue weighted by molar-refractivity contribution is 7.20. The van der Waals surface area contributed by atoms with Crippen LogP contribution in [0.4, 0.5) is 9.18 Å². The topological polar surface area (TPSA) is 71.7 Å². The van der Waals surface area contributed by atoms with E-state index < -0.39 is 0 Å². The van der Waals surface area contributed by atoms with Crippen LogP contribution in [-0.2, 0) is 6.54 Å². The van der Waals surface area contributed by atoms with Gasteiger partial charge in [-0.25, -0.2) is 14.2 Å². The van der Waals surface area contributed by atoms with Gasteiger partial charge in [-0.05, 0) is 47.7 Å². The van der Waals surface area contributed by atoms with E-state index >= 15 is 0 Å². The zero-order valence-corrected chi connectivity index (χ0v) is 16.6. The van der Waals surface area contributed by atoms with E-state index in [1.54, 1.807) is 11.0 Å². The van der Waals surface area contributed by atoms with Gasteiger partial charge in [0.05, 0.1) is 10.2 Å². The maximum absolute atomic E-state index is 13.3. The first kappa shape index (κ1) is 18.3. The Morgan fingerprint density at radius 3 is 2.55 bits per heavy atom. The van der Waals surface area contributed by atoms with Crippen molar-refractivity contribution < 1.29 is 13.9 Å². The number of carbonyl (C=O) groups is 1. The maximum Gasteiger partial charge on any atom is 0.314 e. The fourth-order valence-corrected chi connectivity index (χ4v) is 5.20. The van der Waals surface area contributed by atoms with Crippen molar-refractivity contribution in [2.45, 2.75) is 6.54 Å². The Kier molecular flexibility index (Phi) is 4.60. The first-order valence-electron chi connectivity index (χ1n) is 9.63. The number of urea groups is 1. The predicted molar refractivity (Wildman–Crippen MR) is 110 cm³/mol. The Balaban J connectivity index is 1.19. The monoisotopic (exact) mass is 412 g/mol. The molecule has 2 N–H and O–H groups in total. The van der Waals surface area contributed by atoms with Crippen molar-refractivity contribution >= 4 is 27.6 Å². The molecule has 2 atom stereocenters. The van der Waals surface area contributed by atoms with E-state index in [9.17, 15) is 9.18 Å². The first-order valence-corrected chi connectivity index (χ1v) is 10.4. The molecule has 2 unspecified atom stereocenters. The summed E-state index contributed by atoms with van der Waals surface area (Å²) in [6.07, 6.45) is 0. The lowest BCUT2D eigenvalue weighted by atomic mass is 10.0. The molecule has 2 fully saturated rings. The van der Waals surface area contributed by atoms with Gasteiger partial charge in [-0.1, -0.05) is 23.5 Å². The van der Waals surface area contributed by atoms with Gasteiger partial charge >= 0.3 is 6.03 Å². The number of nitrogens with zero attached hydrogens (tertiary/aromatic N) is 3. The molecule has 29 heavy (non-hydrogen) atoms. The number of halogens is 1. The molecule has 0 saturated carbocycles. The normalized spacial score (nSPS) is 21.6. The van der Waals surface area contributed by atoms with Crippen LogP contribution in [0.15, 0.2) is 42.5 Å². The smallest absolute Gasteiger partial charge is 0.314 e. The van der Waals surface area contributed by atoms with E-state index in [1.807, 2.05) is 12.1 Å². The number of carbonyl (C=O) groups excluding carboxylic acids is 1. The number of hydrogen-bond donors (Lipinski definition) is 1. The Morgan fingerprint density at radius 1 is 1.14 bits per heavy atom. The van der Waals surface area contributed by atoms with Crippen LogP contribution >= 0.6 is 11.3 Å². The van der Waals surface area contributed by atoms with Gasteiger partial charge in [0.1, 0.15) is 11.6 Å². The van der Waals surface area contributed by atoms with Crippen LogP contribution in [0, 0.1) is 17.7 Å². The molecule has 5 rings (SSSR count). The highest BCUT2D eigenvalue weighted by atomic mass is 32.1. The summed E-state index contributed by atoms with van der Waals surface area (Å²) in [4.78, 5) is 19.9. The van der Waals surface area contributed by atoms with Gasteiger partial charge in [0.15, 0.2) is 0 Å². The minimum Gasteiger partial charge on any atom is -0.431 e. The molecular weight excluding hydrogens is 391 g/mol. The summed E-state index contributed by atoms with van der Waals surface area (Å²) in [5.41, 5.74) is 7.35. The average Bonchev–Trinajstić information content (AvgIpc) is 3.35. The molecule has 8 heteroatoms. The quantitative estimate of drug-likeness (QED) is 0.710. The number of fused-ring (bicyclic) bond motifs is 2. The number of likely N-dealkylation sites (tertiary alicyclic amines) is 2. The number of thiazole rings is 1. The summed E-state index contributed by atoms with van der Waals surface area (Å²) in [6.45, 7) is 4.42. The van der Waals surface area contributed by atoms with Crippen LogP contribution in [0.5, 0.6) is 10.9 Å². The maximum atomic E-state index is 13.3. The lowest BCUT2D eigenvalue weighted by Gasteiger charge is -2.20. The van der Waals surface area contributed by atoms with Crippen molar-refractivity contribution in [2.24, 2.45) is 17.6 Å². The minimum absolute atomic E-state index is 0.273. The molecule has 0 radical (unpaired) electrons. The SMILES string of the molecule is NC(=O)N1CC2CN(Cc3ccc(Oc4nc5ccc(F)cc5s4)cc3)CC2C1. The Morgan fingerprint density at radius 2 is 1.86 bits per heavy atom. The van der Waals surface area contributed by atoms with Gasteiger partial charge in [-0.3, -0.25) is 4.90 Å². The second kappa shape index (κ2) is 7.27. The summed E-state index contributed by atoms with van der Waals surface area (Å²) in [7, 11) is 0. The zero-order chi connectivity index (χ0) is 20.0. The predicted octanol–water partition coefficient (Wildman–Crippen LogP) is 3.67. The van der Waals surface area contributed by atoms with Gasteiger partial charge in [-0.2, -0.15) is 0 Å². The van der Waals surface area contributed by atoms with Gasteiger partial charge in [0.2, 0.25) is 0 Å². The largest absolute Gasteiger partial charge is 0.431 e. The van der Waals surface area contributed by atoms with E-state index in [0.29, 0.717) is 22.8 Å². The second-order valence-corrected chi connectivity index (χ2v) is 8.79. The number of primary amides is 1. The van der Waals surface area contributed by atoms with E-state index in [2.05, 4.69) is 22.0 Å². The average molecular weight is 412 g/mol.